The van der Waals surface area contributed by atoms with E-state index < -0.39 is 0 Å². The molecule has 0 aliphatic rings. The van der Waals surface area contributed by atoms with Crippen molar-refractivity contribution < 1.29 is 9.47 Å². The Morgan fingerprint density at radius 1 is 1.38 bits per heavy atom. The standard InChI is InChI=1S/C11H19N3O2/c1-15-8-7-14(6-4-12)10-3-5-13-11(9-10)16-2/h3,5,9H,4,6-8,12H2,1-2H3. The number of nitrogens with zero attached hydrogens (tertiary/aromatic N) is 2. The van der Waals surface area contributed by atoms with Gasteiger partial charge in [0.2, 0.25) is 5.88 Å². The molecule has 0 aliphatic heterocycles. The molecule has 0 spiro atoms. The topological polar surface area (TPSA) is 60.6 Å². The zero-order chi connectivity index (χ0) is 11.8. The van der Waals surface area contributed by atoms with Crippen LogP contribution in [-0.4, -0.2) is 45.4 Å². The number of aromatic nitrogens is 1. The maximum absolute atomic E-state index is 5.58. The molecule has 1 aromatic rings. The van der Waals surface area contributed by atoms with Gasteiger partial charge in [-0.05, 0) is 6.07 Å². The molecular weight excluding hydrogens is 206 g/mol. The van der Waals surface area contributed by atoms with E-state index in [0.717, 1.165) is 18.8 Å². The summed E-state index contributed by atoms with van der Waals surface area (Å²) < 4.78 is 10.2. The summed E-state index contributed by atoms with van der Waals surface area (Å²) in [6.07, 6.45) is 1.73. The largest absolute Gasteiger partial charge is 0.481 e. The van der Waals surface area contributed by atoms with E-state index in [1.54, 1.807) is 20.4 Å². The number of pyridine rings is 1. The van der Waals surface area contributed by atoms with Gasteiger partial charge in [-0.25, -0.2) is 4.98 Å². The molecule has 0 amide bonds. The molecular formula is C11H19N3O2. The fraction of sp³-hybridized carbons (Fsp3) is 0.545. The third-order valence-electron chi connectivity index (χ3n) is 2.26. The molecule has 1 rings (SSSR count). The van der Waals surface area contributed by atoms with Crippen molar-refractivity contribution >= 4 is 5.69 Å². The Morgan fingerprint density at radius 2 is 2.19 bits per heavy atom. The Bertz CT molecular complexity index is 307. The van der Waals surface area contributed by atoms with Crippen molar-refractivity contribution in [1.29, 1.82) is 0 Å². The lowest BCUT2D eigenvalue weighted by Gasteiger charge is -2.23. The summed E-state index contributed by atoms with van der Waals surface area (Å²) >= 11 is 0. The predicted molar refractivity (Wildman–Crippen MR) is 63.9 cm³/mol. The molecule has 2 N–H and O–H groups in total. The molecule has 5 heteroatoms. The minimum Gasteiger partial charge on any atom is -0.481 e. The minimum absolute atomic E-state index is 0.606. The van der Waals surface area contributed by atoms with Gasteiger partial charge in [0.15, 0.2) is 0 Å². The molecule has 16 heavy (non-hydrogen) atoms. The van der Waals surface area contributed by atoms with Gasteiger partial charge in [-0.15, -0.1) is 0 Å². The van der Waals surface area contributed by atoms with Crippen molar-refractivity contribution in [3.63, 3.8) is 0 Å². The van der Waals surface area contributed by atoms with Crippen LogP contribution in [0.5, 0.6) is 5.88 Å². The lowest BCUT2D eigenvalue weighted by atomic mass is 10.3. The Balaban J connectivity index is 2.73. The van der Waals surface area contributed by atoms with Crippen molar-refractivity contribution in [2.75, 3.05) is 45.4 Å². The normalized spacial score (nSPS) is 10.2. The smallest absolute Gasteiger partial charge is 0.214 e. The van der Waals surface area contributed by atoms with Gasteiger partial charge >= 0.3 is 0 Å². The second kappa shape index (κ2) is 7.03. The van der Waals surface area contributed by atoms with Crippen LogP contribution < -0.4 is 15.4 Å². The third-order valence-corrected chi connectivity index (χ3v) is 2.26. The van der Waals surface area contributed by atoms with Crippen LogP contribution in [0.1, 0.15) is 0 Å². The van der Waals surface area contributed by atoms with E-state index in [1.807, 2.05) is 12.1 Å². The zero-order valence-electron chi connectivity index (χ0n) is 9.85. The van der Waals surface area contributed by atoms with E-state index in [2.05, 4.69) is 9.88 Å². The van der Waals surface area contributed by atoms with Gasteiger partial charge in [-0.3, -0.25) is 0 Å². The molecule has 5 nitrogen and oxygen atoms in total. The van der Waals surface area contributed by atoms with E-state index >= 15 is 0 Å². The van der Waals surface area contributed by atoms with Crippen LogP contribution in [0.2, 0.25) is 0 Å². The van der Waals surface area contributed by atoms with Crippen molar-refractivity contribution in [3.05, 3.63) is 18.3 Å². The molecule has 1 aromatic heterocycles. The number of ether oxygens (including phenoxy) is 2. The fourth-order valence-electron chi connectivity index (χ4n) is 1.43. The highest BCUT2D eigenvalue weighted by Crippen LogP contribution is 2.17. The average molecular weight is 225 g/mol. The highest BCUT2D eigenvalue weighted by Gasteiger charge is 2.06. The van der Waals surface area contributed by atoms with E-state index in [1.165, 1.54) is 0 Å². The van der Waals surface area contributed by atoms with E-state index in [4.69, 9.17) is 15.2 Å². The van der Waals surface area contributed by atoms with Crippen LogP contribution >= 0.6 is 0 Å². The monoisotopic (exact) mass is 225 g/mol. The molecule has 0 unspecified atom stereocenters. The fourth-order valence-corrected chi connectivity index (χ4v) is 1.43. The molecule has 0 aromatic carbocycles. The highest BCUT2D eigenvalue weighted by molar-refractivity contribution is 5.48. The maximum atomic E-state index is 5.58. The molecule has 1 heterocycles. The first-order chi connectivity index (χ1) is 7.81. The van der Waals surface area contributed by atoms with Crippen molar-refractivity contribution in [2.24, 2.45) is 5.73 Å². The summed E-state index contributed by atoms with van der Waals surface area (Å²) in [4.78, 5) is 6.22. The first kappa shape index (κ1) is 12.7. The van der Waals surface area contributed by atoms with Gasteiger partial charge in [-0.1, -0.05) is 0 Å². The van der Waals surface area contributed by atoms with Crippen LogP contribution in [0.4, 0.5) is 5.69 Å². The number of nitrogens with two attached hydrogens (primary N) is 1. The first-order valence-corrected chi connectivity index (χ1v) is 5.25. The number of rotatable bonds is 7. The molecule has 0 aliphatic carbocycles. The van der Waals surface area contributed by atoms with Gasteiger partial charge in [0.25, 0.3) is 0 Å². The second-order valence-electron chi connectivity index (χ2n) is 3.32. The Morgan fingerprint density at radius 3 is 2.81 bits per heavy atom. The average Bonchev–Trinajstić information content (AvgIpc) is 2.34. The summed E-state index contributed by atoms with van der Waals surface area (Å²) in [5.41, 5.74) is 6.63. The van der Waals surface area contributed by atoms with Crippen molar-refractivity contribution in [2.45, 2.75) is 0 Å². The Kier molecular flexibility index (Phi) is 5.60. The molecule has 90 valence electrons. The van der Waals surface area contributed by atoms with Gasteiger partial charge in [0.1, 0.15) is 0 Å². The van der Waals surface area contributed by atoms with Gasteiger partial charge in [0, 0.05) is 44.7 Å². The van der Waals surface area contributed by atoms with E-state index in [9.17, 15) is 0 Å². The summed E-state index contributed by atoms with van der Waals surface area (Å²) in [7, 11) is 3.29. The summed E-state index contributed by atoms with van der Waals surface area (Å²) in [5, 5.41) is 0. The van der Waals surface area contributed by atoms with Crippen molar-refractivity contribution in [3.8, 4) is 5.88 Å². The number of hydrogen-bond acceptors (Lipinski definition) is 5. The molecule has 0 fully saturated rings. The van der Waals surface area contributed by atoms with Crippen LogP contribution in [0.15, 0.2) is 18.3 Å². The number of anilines is 1. The van der Waals surface area contributed by atoms with Gasteiger partial charge < -0.3 is 20.1 Å². The zero-order valence-corrected chi connectivity index (χ0v) is 9.85. The summed E-state index contributed by atoms with van der Waals surface area (Å²) in [6.45, 7) is 2.87. The maximum Gasteiger partial charge on any atom is 0.214 e. The number of hydrogen-bond donors (Lipinski definition) is 1. The Labute approximate surface area is 96.2 Å². The van der Waals surface area contributed by atoms with Crippen LogP contribution in [-0.2, 0) is 4.74 Å². The quantitative estimate of drug-likeness (QED) is 0.732. The molecule has 0 saturated heterocycles. The highest BCUT2D eigenvalue weighted by atomic mass is 16.5. The third kappa shape index (κ3) is 3.67. The molecule has 0 radical (unpaired) electrons. The van der Waals surface area contributed by atoms with E-state index in [-0.39, 0.29) is 0 Å². The number of methoxy groups -OCH3 is 2. The summed E-state index contributed by atoms with van der Waals surface area (Å²) in [5.74, 6) is 0.608. The lowest BCUT2D eigenvalue weighted by molar-refractivity contribution is 0.205. The van der Waals surface area contributed by atoms with E-state index in [0.29, 0.717) is 19.0 Å². The minimum atomic E-state index is 0.606. The SMILES string of the molecule is COCCN(CCN)c1ccnc(OC)c1. The molecule has 0 bridgehead atoms. The summed E-state index contributed by atoms with van der Waals surface area (Å²) in [6, 6.07) is 3.83. The van der Waals surface area contributed by atoms with Crippen LogP contribution in [0.25, 0.3) is 0 Å². The van der Waals surface area contributed by atoms with Crippen LogP contribution in [0, 0.1) is 0 Å². The van der Waals surface area contributed by atoms with Crippen molar-refractivity contribution in [1.82, 2.24) is 4.98 Å². The molecule has 0 atom stereocenters. The van der Waals surface area contributed by atoms with Gasteiger partial charge in [0.05, 0.1) is 13.7 Å². The predicted octanol–water partition coefficient (Wildman–Crippen LogP) is 0.502. The molecule has 0 saturated carbocycles. The van der Waals surface area contributed by atoms with Gasteiger partial charge in [-0.2, -0.15) is 0 Å². The van der Waals surface area contributed by atoms with Crippen LogP contribution in [0.3, 0.4) is 0 Å². The second-order valence-corrected chi connectivity index (χ2v) is 3.32. The lowest BCUT2D eigenvalue weighted by Crippen LogP contribution is -2.32. The first-order valence-electron chi connectivity index (χ1n) is 5.25. The Hall–Kier alpha value is -1.33.